The van der Waals surface area contributed by atoms with E-state index in [1.165, 1.54) is 24.8 Å². The van der Waals surface area contributed by atoms with E-state index in [0.29, 0.717) is 6.10 Å². The van der Waals surface area contributed by atoms with Gasteiger partial charge < -0.3 is 14.8 Å². The van der Waals surface area contributed by atoms with E-state index in [4.69, 9.17) is 9.47 Å². The number of halogens is 1. The number of hydrogen-bond donors (Lipinski definition) is 1. The van der Waals surface area contributed by atoms with Crippen LogP contribution in [0.5, 0.6) is 5.75 Å². The second kappa shape index (κ2) is 9.44. The van der Waals surface area contributed by atoms with Gasteiger partial charge >= 0.3 is 0 Å². The van der Waals surface area contributed by atoms with Gasteiger partial charge in [0.25, 0.3) is 0 Å². The quantitative estimate of drug-likeness (QED) is 0.705. The molecule has 3 nitrogen and oxygen atoms in total. The van der Waals surface area contributed by atoms with Crippen LogP contribution in [0.1, 0.15) is 44.6 Å². The van der Waals surface area contributed by atoms with Crippen LogP contribution in [-0.2, 0) is 11.3 Å². The summed E-state index contributed by atoms with van der Waals surface area (Å²) in [4.78, 5) is 0. The van der Waals surface area contributed by atoms with Gasteiger partial charge in [-0.2, -0.15) is 0 Å². The molecule has 1 saturated heterocycles. The number of hydrogen-bond acceptors (Lipinski definition) is 3. The molecule has 1 aliphatic rings. The Labute approximate surface area is 136 Å². The van der Waals surface area contributed by atoms with Crippen molar-refractivity contribution in [1.82, 2.24) is 5.32 Å². The third-order valence-electron chi connectivity index (χ3n) is 3.72. The second-order valence-electron chi connectivity index (χ2n) is 5.55. The Balaban J connectivity index is 1.77. The van der Waals surface area contributed by atoms with Gasteiger partial charge in [0.2, 0.25) is 0 Å². The lowest BCUT2D eigenvalue weighted by Crippen LogP contribution is -2.25. The number of ether oxygens (including phenoxy) is 2. The van der Waals surface area contributed by atoms with E-state index in [1.807, 2.05) is 12.1 Å². The summed E-state index contributed by atoms with van der Waals surface area (Å²) in [6, 6.07) is 6.21. The van der Waals surface area contributed by atoms with E-state index in [9.17, 15) is 0 Å². The summed E-state index contributed by atoms with van der Waals surface area (Å²) in [5, 5.41) is 3.51. The zero-order valence-corrected chi connectivity index (χ0v) is 14.5. The Morgan fingerprint density at radius 1 is 1.38 bits per heavy atom. The third kappa shape index (κ3) is 5.97. The summed E-state index contributed by atoms with van der Waals surface area (Å²) in [5.74, 6) is 0.987. The van der Waals surface area contributed by atoms with Crippen LogP contribution < -0.4 is 10.1 Å². The van der Waals surface area contributed by atoms with Crippen LogP contribution in [0, 0.1) is 0 Å². The Bertz CT molecular complexity index is 419. The molecule has 1 heterocycles. The third-order valence-corrected chi connectivity index (χ3v) is 4.21. The van der Waals surface area contributed by atoms with Crippen LogP contribution in [0.15, 0.2) is 22.7 Å². The Morgan fingerprint density at radius 3 is 3.05 bits per heavy atom. The molecule has 0 aromatic heterocycles. The first-order valence-electron chi connectivity index (χ1n) is 8.03. The van der Waals surface area contributed by atoms with Gasteiger partial charge in [0.1, 0.15) is 5.75 Å². The SMILES string of the molecule is CCCOc1ccc(Br)cc1CNCCC1CCCCO1. The van der Waals surface area contributed by atoms with Crippen LogP contribution >= 0.6 is 15.9 Å². The van der Waals surface area contributed by atoms with E-state index in [0.717, 1.165) is 49.4 Å². The Kier molecular flexibility index (Phi) is 7.54. The van der Waals surface area contributed by atoms with E-state index in [2.05, 4.69) is 34.2 Å². The van der Waals surface area contributed by atoms with Crippen molar-refractivity contribution in [2.24, 2.45) is 0 Å². The molecule has 0 saturated carbocycles. The summed E-state index contributed by atoms with van der Waals surface area (Å²) in [7, 11) is 0. The fraction of sp³-hybridized carbons (Fsp3) is 0.647. The van der Waals surface area contributed by atoms with Crippen LogP contribution in [-0.4, -0.2) is 25.9 Å². The topological polar surface area (TPSA) is 30.5 Å². The first-order chi connectivity index (χ1) is 10.3. The zero-order valence-electron chi connectivity index (χ0n) is 12.9. The number of rotatable bonds is 8. The highest BCUT2D eigenvalue weighted by Gasteiger charge is 2.13. The van der Waals surface area contributed by atoms with Crippen molar-refractivity contribution in [3.63, 3.8) is 0 Å². The van der Waals surface area contributed by atoms with E-state index < -0.39 is 0 Å². The fourth-order valence-electron chi connectivity index (χ4n) is 2.56. The summed E-state index contributed by atoms with van der Waals surface area (Å²) >= 11 is 3.53. The normalized spacial score (nSPS) is 18.7. The summed E-state index contributed by atoms with van der Waals surface area (Å²) in [6.45, 7) is 5.66. The first kappa shape index (κ1) is 16.8. The smallest absolute Gasteiger partial charge is 0.123 e. The lowest BCUT2D eigenvalue weighted by Gasteiger charge is -2.22. The van der Waals surface area contributed by atoms with Gasteiger partial charge in [0, 0.05) is 23.2 Å². The molecule has 2 rings (SSSR count). The number of nitrogens with one attached hydrogen (secondary N) is 1. The molecule has 1 fully saturated rings. The predicted molar refractivity (Wildman–Crippen MR) is 89.8 cm³/mol. The van der Waals surface area contributed by atoms with Crippen molar-refractivity contribution in [3.8, 4) is 5.75 Å². The molecule has 1 aromatic rings. The van der Waals surface area contributed by atoms with Crippen LogP contribution in [0.25, 0.3) is 0 Å². The average molecular weight is 356 g/mol. The molecule has 1 aromatic carbocycles. The average Bonchev–Trinajstić information content (AvgIpc) is 2.52. The van der Waals surface area contributed by atoms with Crippen molar-refractivity contribution in [3.05, 3.63) is 28.2 Å². The van der Waals surface area contributed by atoms with Gasteiger partial charge in [-0.25, -0.2) is 0 Å². The molecule has 4 heteroatoms. The molecule has 0 aliphatic carbocycles. The highest BCUT2D eigenvalue weighted by atomic mass is 79.9. The van der Waals surface area contributed by atoms with E-state index in [1.54, 1.807) is 0 Å². The first-order valence-corrected chi connectivity index (χ1v) is 8.82. The molecule has 0 radical (unpaired) electrons. The molecule has 1 N–H and O–H groups in total. The zero-order chi connectivity index (χ0) is 14.9. The van der Waals surface area contributed by atoms with Gasteiger partial charge in [-0.1, -0.05) is 22.9 Å². The van der Waals surface area contributed by atoms with E-state index >= 15 is 0 Å². The lowest BCUT2D eigenvalue weighted by molar-refractivity contribution is 0.0115. The second-order valence-corrected chi connectivity index (χ2v) is 6.47. The van der Waals surface area contributed by atoms with E-state index in [-0.39, 0.29) is 0 Å². The van der Waals surface area contributed by atoms with Gasteiger partial charge in [-0.05, 0) is 56.8 Å². The van der Waals surface area contributed by atoms with Crippen molar-refractivity contribution in [2.45, 2.75) is 51.7 Å². The maximum Gasteiger partial charge on any atom is 0.123 e. The van der Waals surface area contributed by atoms with Gasteiger partial charge in [-0.3, -0.25) is 0 Å². The van der Waals surface area contributed by atoms with Gasteiger partial charge in [0.15, 0.2) is 0 Å². The van der Waals surface area contributed by atoms with Crippen LogP contribution in [0.2, 0.25) is 0 Å². The highest BCUT2D eigenvalue weighted by molar-refractivity contribution is 9.10. The summed E-state index contributed by atoms with van der Waals surface area (Å²) < 4.78 is 12.7. The van der Waals surface area contributed by atoms with Crippen molar-refractivity contribution in [1.29, 1.82) is 0 Å². The summed E-state index contributed by atoms with van der Waals surface area (Å²) in [6.07, 6.45) is 6.32. The maximum atomic E-state index is 5.80. The van der Waals surface area contributed by atoms with Crippen molar-refractivity contribution < 1.29 is 9.47 Å². The number of benzene rings is 1. The minimum Gasteiger partial charge on any atom is -0.493 e. The standard InChI is InChI=1S/C17H26BrNO2/c1-2-10-21-17-7-6-15(18)12-14(17)13-19-9-8-16-5-3-4-11-20-16/h6-7,12,16,19H,2-5,8-11,13H2,1H3. The highest BCUT2D eigenvalue weighted by Crippen LogP contribution is 2.23. The molecule has 0 amide bonds. The Morgan fingerprint density at radius 2 is 2.29 bits per heavy atom. The molecule has 1 unspecified atom stereocenters. The molecule has 118 valence electrons. The predicted octanol–water partition coefficient (Wildman–Crippen LogP) is 4.29. The minimum atomic E-state index is 0.449. The molecule has 1 atom stereocenters. The lowest BCUT2D eigenvalue weighted by atomic mass is 10.1. The molecule has 0 bridgehead atoms. The maximum absolute atomic E-state index is 5.80. The van der Waals surface area contributed by atoms with Gasteiger partial charge in [-0.15, -0.1) is 0 Å². The van der Waals surface area contributed by atoms with Crippen molar-refractivity contribution in [2.75, 3.05) is 19.8 Å². The molecule has 1 aliphatic heterocycles. The molecule has 0 spiro atoms. The molecular formula is C17H26BrNO2. The van der Waals surface area contributed by atoms with Crippen molar-refractivity contribution >= 4 is 15.9 Å². The van der Waals surface area contributed by atoms with Gasteiger partial charge in [0.05, 0.1) is 12.7 Å². The Hall–Kier alpha value is -0.580. The van der Waals surface area contributed by atoms with Crippen LogP contribution in [0.4, 0.5) is 0 Å². The monoisotopic (exact) mass is 355 g/mol. The summed E-state index contributed by atoms with van der Waals surface area (Å²) in [5.41, 5.74) is 1.21. The largest absolute Gasteiger partial charge is 0.493 e. The molecular weight excluding hydrogens is 330 g/mol. The minimum absolute atomic E-state index is 0.449. The molecule has 21 heavy (non-hydrogen) atoms. The fourth-order valence-corrected chi connectivity index (χ4v) is 2.97. The van der Waals surface area contributed by atoms with Crippen LogP contribution in [0.3, 0.4) is 0 Å².